The first-order valence-electron chi connectivity index (χ1n) is 12.0. The van der Waals surface area contributed by atoms with Gasteiger partial charge in [-0.05, 0) is 89.3 Å². The first kappa shape index (κ1) is 24.5. The summed E-state index contributed by atoms with van der Waals surface area (Å²) < 4.78 is 5.84. The van der Waals surface area contributed by atoms with Gasteiger partial charge in [0.2, 0.25) is 5.78 Å². The largest absolute Gasteiger partial charge is 0.444 e. The van der Waals surface area contributed by atoms with Crippen molar-refractivity contribution >= 4 is 11.9 Å². The summed E-state index contributed by atoms with van der Waals surface area (Å²) in [5.41, 5.74) is 3.38. The SMILES string of the molecule is Cc1cccnc1C(=O)c1cccc([C@H]2CCC[C@@H](c3ncccc3C)N2C(=O)OC(C)(C)C)n1. The first-order valence-corrected chi connectivity index (χ1v) is 12.0. The zero-order valence-corrected chi connectivity index (χ0v) is 21.0. The molecule has 0 aromatic carbocycles. The number of rotatable bonds is 4. The number of aryl methyl sites for hydroxylation is 2. The van der Waals surface area contributed by atoms with Crippen LogP contribution in [0.15, 0.2) is 54.9 Å². The molecule has 0 unspecified atom stereocenters. The fraction of sp³-hybridized carbons (Fsp3) is 0.393. The summed E-state index contributed by atoms with van der Waals surface area (Å²) in [6.45, 7) is 9.44. The Balaban J connectivity index is 1.75. The maximum absolute atomic E-state index is 13.5. The Labute approximate surface area is 206 Å². The normalized spacial score (nSPS) is 18.3. The van der Waals surface area contributed by atoms with Crippen LogP contribution in [0.1, 0.15) is 90.8 Å². The molecule has 1 fully saturated rings. The highest BCUT2D eigenvalue weighted by atomic mass is 16.6. The van der Waals surface area contributed by atoms with Crippen LogP contribution in [0, 0.1) is 13.8 Å². The predicted molar refractivity (Wildman–Crippen MR) is 133 cm³/mol. The maximum atomic E-state index is 13.5. The second-order valence-electron chi connectivity index (χ2n) is 10.0. The molecule has 0 spiro atoms. The van der Waals surface area contributed by atoms with E-state index in [1.807, 2.05) is 65.0 Å². The number of aromatic nitrogens is 3. The lowest BCUT2D eigenvalue weighted by molar-refractivity contribution is -0.00803. The summed E-state index contributed by atoms with van der Waals surface area (Å²) >= 11 is 0. The number of carbonyl (C=O) groups is 2. The molecule has 0 bridgehead atoms. The molecule has 1 saturated heterocycles. The van der Waals surface area contributed by atoms with Crippen molar-refractivity contribution in [1.29, 1.82) is 0 Å². The van der Waals surface area contributed by atoms with Gasteiger partial charge in [-0.2, -0.15) is 0 Å². The Morgan fingerprint density at radius 2 is 1.60 bits per heavy atom. The topological polar surface area (TPSA) is 85.3 Å². The zero-order chi connectivity index (χ0) is 25.2. The minimum absolute atomic E-state index is 0.235. The third-order valence-corrected chi connectivity index (χ3v) is 6.17. The molecule has 3 aromatic rings. The van der Waals surface area contributed by atoms with Crippen molar-refractivity contribution in [3.8, 4) is 0 Å². The van der Waals surface area contributed by atoms with Crippen LogP contribution < -0.4 is 0 Å². The number of ether oxygens (including phenoxy) is 1. The van der Waals surface area contributed by atoms with E-state index >= 15 is 0 Å². The standard InChI is InChI=1S/C28H32N4O3/c1-18-10-8-16-29-24(18)23-15-7-14-22(32(23)27(34)35-28(3,4)5)20-12-6-13-21(31-20)26(33)25-19(2)11-9-17-30-25/h6,8-13,16-17,22-23H,7,14-15H2,1-5H3/t22-,23+/m1/s1. The van der Waals surface area contributed by atoms with E-state index in [1.54, 1.807) is 29.4 Å². The summed E-state index contributed by atoms with van der Waals surface area (Å²) in [5, 5.41) is 0. The predicted octanol–water partition coefficient (Wildman–Crippen LogP) is 5.92. The van der Waals surface area contributed by atoms with Gasteiger partial charge in [-0.25, -0.2) is 9.78 Å². The number of pyridine rings is 3. The zero-order valence-electron chi connectivity index (χ0n) is 21.0. The third-order valence-electron chi connectivity index (χ3n) is 6.17. The Kier molecular flexibility index (Phi) is 6.96. The lowest BCUT2D eigenvalue weighted by atomic mass is 9.90. The molecule has 4 rings (SSSR count). The molecule has 0 radical (unpaired) electrons. The van der Waals surface area contributed by atoms with Crippen molar-refractivity contribution in [3.63, 3.8) is 0 Å². The third kappa shape index (κ3) is 5.39. The maximum Gasteiger partial charge on any atom is 0.411 e. The number of likely N-dealkylation sites (tertiary alicyclic amines) is 1. The van der Waals surface area contributed by atoms with Gasteiger partial charge >= 0.3 is 6.09 Å². The number of piperidine rings is 1. The summed E-state index contributed by atoms with van der Waals surface area (Å²) in [5.74, 6) is -0.235. The second kappa shape index (κ2) is 9.94. The minimum Gasteiger partial charge on any atom is -0.444 e. The molecule has 7 nitrogen and oxygen atoms in total. The van der Waals surface area contributed by atoms with Crippen LogP contribution in [0.5, 0.6) is 0 Å². The molecule has 182 valence electrons. The highest BCUT2D eigenvalue weighted by Crippen LogP contribution is 2.42. The van der Waals surface area contributed by atoms with E-state index in [-0.39, 0.29) is 17.9 Å². The van der Waals surface area contributed by atoms with Crippen molar-refractivity contribution in [2.45, 2.75) is 71.6 Å². The molecule has 0 saturated carbocycles. The van der Waals surface area contributed by atoms with Crippen LogP contribution in [0.25, 0.3) is 0 Å². The molecular formula is C28H32N4O3. The van der Waals surface area contributed by atoms with E-state index in [0.29, 0.717) is 17.1 Å². The molecular weight excluding hydrogens is 440 g/mol. The van der Waals surface area contributed by atoms with E-state index in [2.05, 4.69) is 9.97 Å². The Bertz CT molecular complexity index is 1230. The van der Waals surface area contributed by atoms with E-state index in [4.69, 9.17) is 9.72 Å². The number of nitrogens with zero attached hydrogens (tertiary/aromatic N) is 4. The summed E-state index contributed by atoms with van der Waals surface area (Å²) in [6.07, 6.45) is 5.34. The Morgan fingerprint density at radius 3 is 2.29 bits per heavy atom. The number of amides is 1. The van der Waals surface area contributed by atoms with Gasteiger partial charge in [0.05, 0.1) is 23.5 Å². The molecule has 35 heavy (non-hydrogen) atoms. The Morgan fingerprint density at radius 1 is 0.914 bits per heavy atom. The molecule has 3 aromatic heterocycles. The number of ketones is 1. The number of carbonyl (C=O) groups excluding carboxylic acids is 2. The molecule has 2 atom stereocenters. The molecule has 0 N–H and O–H groups in total. The van der Waals surface area contributed by atoms with Crippen LogP contribution >= 0.6 is 0 Å². The summed E-state index contributed by atoms with van der Waals surface area (Å²) in [4.78, 5) is 42.1. The van der Waals surface area contributed by atoms with Gasteiger partial charge in [-0.3, -0.25) is 19.7 Å². The van der Waals surface area contributed by atoms with Crippen LogP contribution in [0.2, 0.25) is 0 Å². The summed E-state index contributed by atoms with van der Waals surface area (Å²) in [6, 6.07) is 12.4. The fourth-order valence-electron chi connectivity index (χ4n) is 4.58. The van der Waals surface area contributed by atoms with E-state index in [9.17, 15) is 9.59 Å². The lowest BCUT2D eigenvalue weighted by Gasteiger charge is -2.42. The molecule has 4 heterocycles. The average molecular weight is 473 g/mol. The van der Waals surface area contributed by atoms with Crippen LogP contribution in [0.3, 0.4) is 0 Å². The summed E-state index contributed by atoms with van der Waals surface area (Å²) in [7, 11) is 0. The minimum atomic E-state index is -0.648. The van der Waals surface area contributed by atoms with E-state index < -0.39 is 11.7 Å². The van der Waals surface area contributed by atoms with Gasteiger partial charge in [-0.15, -0.1) is 0 Å². The lowest BCUT2D eigenvalue weighted by Crippen LogP contribution is -2.44. The second-order valence-corrected chi connectivity index (χ2v) is 10.0. The van der Waals surface area contributed by atoms with Gasteiger partial charge < -0.3 is 4.74 Å². The van der Waals surface area contributed by atoms with Crippen molar-refractivity contribution in [2.75, 3.05) is 0 Å². The monoisotopic (exact) mass is 472 g/mol. The van der Waals surface area contributed by atoms with E-state index in [0.717, 1.165) is 36.1 Å². The van der Waals surface area contributed by atoms with Crippen molar-refractivity contribution in [2.24, 2.45) is 0 Å². The van der Waals surface area contributed by atoms with Crippen molar-refractivity contribution in [3.05, 3.63) is 88.8 Å². The van der Waals surface area contributed by atoms with Gasteiger partial charge in [0.15, 0.2) is 0 Å². The highest BCUT2D eigenvalue weighted by molar-refractivity contribution is 6.07. The Hall–Kier alpha value is -3.61. The van der Waals surface area contributed by atoms with Gasteiger partial charge in [-0.1, -0.05) is 18.2 Å². The number of hydrogen-bond acceptors (Lipinski definition) is 6. The van der Waals surface area contributed by atoms with Gasteiger partial charge in [0, 0.05) is 12.4 Å². The molecule has 1 aliphatic heterocycles. The van der Waals surface area contributed by atoms with Crippen LogP contribution in [-0.4, -0.2) is 37.3 Å². The van der Waals surface area contributed by atoms with Gasteiger partial charge in [0.25, 0.3) is 0 Å². The van der Waals surface area contributed by atoms with Crippen LogP contribution in [-0.2, 0) is 4.74 Å². The average Bonchev–Trinajstić information content (AvgIpc) is 2.83. The molecule has 7 heteroatoms. The van der Waals surface area contributed by atoms with Crippen LogP contribution in [0.4, 0.5) is 4.79 Å². The highest BCUT2D eigenvalue weighted by Gasteiger charge is 2.40. The van der Waals surface area contributed by atoms with Gasteiger partial charge in [0.1, 0.15) is 17.0 Å². The van der Waals surface area contributed by atoms with E-state index in [1.165, 1.54) is 0 Å². The smallest absolute Gasteiger partial charge is 0.411 e. The fourth-order valence-corrected chi connectivity index (χ4v) is 4.58. The quantitative estimate of drug-likeness (QED) is 0.438. The van der Waals surface area contributed by atoms with Crippen molar-refractivity contribution < 1.29 is 14.3 Å². The van der Waals surface area contributed by atoms with Crippen molar-refractivity contribution in [1.82, 2.24) is 19.9 Å². The number of hydrogen-bond donors (Lipinski definition) is 0. The molecule has 1 aliphatic rings. The first-order chi connectivity index (χ1) is 16.7. The molecule has 1 amide bonds. The molecule has 0 aliphatic carbocycles.